The summed E-state index contributed by atoms with van der Waals surface area (Å²) in [6.07, 6.45) is -7.00. The predicted octanol–water partition coefficient (Wildman–Crippen LogP) is -7.34. The maximum Gasteiger partial charge on any atom is 0 e. The van der Waals surface area contributed by atoms with Gasteiger partial charge in [-0.25, -0.2) is 0 Å². The zero-order valence-electron chi connectivity index (χ0n) is 5.58. The van der Waals surface area contributed by atoms with Crippen molar-refractivity contribution in [2.45, 2.75) is 0 Å². The van der Waals surface area contributed by atoms with E-state index in [9.17, 15) is 0 Å². The number of carbonyl (C=O) groups is 3. The van der Waals surface area contributed by atoms with Crippen LogP contribution in [0.4, 0.5) is 14.4 Å². The first-order valence-electron chi connectivity index (χ1n) is 1.84. The molecule has 0 aliphatic rings. The number of rotatable bonds is 0. The van der Waals surface area contributed by atoms with Gasteiger partial charge in [-0.3, -0.25) is 0 Å². The fourth-order valence-corrected chi connectivity index (χ4v) is 0. The third-order valence-electron chi connectivity index (χ3n) is 0. The zero-order valence-corrected chi connectivity index (χ0v) is 8.52. The maximum absolute atomic E-state index is 8.33. The standard InChI is InChI=1S/3CH2O3.W/c3*2-1(3)4;/h3*(H2,2,3,4);/p-6. The van der Waals surface area contributed by atoms with E-state index in [4.69, 9.17) is 45.0 Å². The second kappa shape index (κ2) is 16.8. The first-order valence-corrected chi connectivity index (χ1v) is 1.84. The molecule has 13 heavy (non-hydrogen) atoms. The van der Waals surface area contributed by atoms with Crippen LogP contribution in [0.25, 0.3) is 0 Å². The molecule has 0 spiro atoms. The van der Waals surface area contributed by atoms with Crippen LogP contribution in [0.15, 0.2) is 0 Å². The normalized spacial score (nSPS) is 5.54. The molecule has 0 aliphatic carbocycles. The van der Waals surface area contributed by atoms with Gasteiger partial charge in [0, 0.05) is 21.1 Å². The monoisotopic (exact) mass is 364 g/mol. The molecule has 0 bridgehead atoms. The van der Waals surface area contributed by atoms with Crippen molar-refractivity contribution < 1.29 is 66.1 Å². The van der Waals surface area contributed by atoms with Crippen molar-refractivity contribution in [2.24, 2.45) is 0 Å². The molecule has 9 nitrogen and oxygen atoms in total. The number of hydrogen-bond acceptors (Lipinski definition) is 9. The summed E-state index contributed by atoms with van der Waals surface area (Å²) in [5.74, 6) is 0. The van der Waals surface area contributed by atoms with E-state index in [2.05, 4.69) is 0 Å². The van der Waals surface area contributed by atoms with E-state index in [1.807, 2.05) is 0 Å². The van der Waals surface area contributed by atoms with Crippen LogP contribution in [0, 0.1) is 0 Å². The molecule has 78 valence electrons. The molecular weight excluding hydrogens is 364 g/mol. The third-order valence-corrected chi connectivity index (χ3v) is 0. The van der Waals surface area contributed by atoms with Crippen molar-refractivity contribution in [1.82, 2.24) is 0 Å². The summed E-state index contributed by atoms with van der Waals surface area (Å²) < 4.78 is 0. The van der Waals surface area contributed by atoms with E-state index < -0.39 is 18.5 Å². The molecule has 0 rings (SSSR count). The van der Waals surface area contributed by atoms with Crippen LogP contribution < -0.4 is 30.6 Å². The Bertz CT molecular complexity index is 112. The van der Waals surface area contributed by atoms with Gasteiger partial charge in [0.25, 0.3) is 0 Å². The second-order valence-corrected chi connectivity index (χ2v) is 0.750. The van der Waals surface area contributed by atoms with E-state index in [0.29, 0.717) is 0 Å². The predicted molar refractivity (Wildman–Crippen MR) is 16.2 cm³/mol. The molecular formula is C3O9W-6. The van der Waals surface area contributed by atoms with Crippen LogP contribution in [0.2, 0.25) is 0 Å². The smallest absolute Gasteiger partial charge is 0 e. The summed E-state index contributed by atoms with van der Waals surface area (Å²) in [6, 6.07) is 0. The Balaban J connectivity index is -0.0000000450. The Labute approximate surface area is 85.1 Å². The fraction of sp³-hybridized carbons (Fsp3) is 0. The summed E-state index contributed by atoms with van der Waals surface area (Å²) in [5.41, 5.74) is 0. The molecule has 0 aromatic carbocycles. The number of hydrogen-bond donors (Lipinski definition) is 0. The van der Waals surface area contributed by atoms with Crippen LogP contribution in [-0.4, -0.2) is 18.5 Å². The van der Waals surface area contributed by atoms with Crippen molar-refractivity contribution in [3.63, 3.8) is 0 Å². The molecule has 0 aromatic heterocycles. The molecule has 0 unspecified atom stereocenters. The average Bonchev–Trinajstić information content (AvgIpc) is 1.54. The van der Waals surface area contributed by atoms with Crippen LogP contribution in [0.3, 0.4) is 0 Å². The van der Waals surface area contributed by atoms with Gasteiger partial charge >= 0.3 is 0 Å². The average molecular weight is 364 g/mol. The third kappa shape index (κ3) is 336. The topological polar surface area (TPSA) is 190 Å². The van der Waals surface area contributed by atoms with Crippen molar-refractivity contribution in [3.05, 3.63) is 0 Å². The molecule has 0 N–H and O–H groups in total. The van der Waals surface area contributed by atoms with Gasteiger partial charge in [0.1, 0.15) is 0 Å². The summed E-state index contributed by atoms with van der Waals surface area (Å²) >= 11 is 0. The van der Waals surface area contributed by atoms with Crippen LogP contribution in [0.1, 0.15) is 0 Å². The van der Waals surface area contributed by atoms with Gasteiger partial charge in [-0.05, 0) is 18.5 Å². The van der Waals surface area contributed by atoms with Gasteiger partial charge in [0.05, 0.1) is 0 Å². The van der Waals surface area contributed by atoms with Gasteiger partial charge in [0.2, 0.25) is 0 Å². The first kappa shape index (κ1) is 22.5. The Morgan fingerprint density at radius 2 is 0.538 bits per heavy atom. The Morgan fingerprint density at radius 3 is 0.538 bits per heavy atom. The van der Waals surface area contributed by atoms with Gasteiger partial charge in [-0.15, -0.1) is 0 Å². The van der Waals surface area contributed by atoms with Crippen molar-refractivity contribution in [2.75, 3.05) is 0 Å². The zero-order chi connectivity index (χ0) is 10.7. The molecule has 0 fully saturated rings. The fourth-order valence-electron chi connectivity index (χ4n) is 0. The molecule has 0 atom stereocenters. The van der Waals surface area contributed by atoms with E-state index in [1.54, 1.807) is 0 Å². The first-order chi connectivity index (χ1) is 5.20. The van der Waals surface area contributed by atoms with Gasteiger partial charge in [0.15, 0.2) is 0 Å². The summed E-state index contributed by atoms with van der Waals surface area (Å²) in [5, 5.41) is 50.0. The quantitative estimate of drug-likeness (QED) is 0.402. The summed E-state index contributed by atoms with van der Waals surface area (Å²) in [6.45, 7) is 0. The van der Waals surface area contributed by atoms with Crippen molar-refractivity contribution >= 4 is 18.5 Å². The molecule has 0 aliphatic heterocycles. The maximum atomic E-state index is 8.33. The minimum atomic E-state index is -2.33. The van der Waals surface area contributed by atoms with Crippen LogP contribution in [-0.2, 0) is 21.1 Å². The van der Waals surface area contributed by atoms with E-state index in [0.717, 1.165) is 0 Å². The van der Waals surface area contributed by atoms with Crippen molar-refractivity contribution in [3.8, 4) is 0 Å². The minimum absolute atomic E-state index is 0. The number of carboxylic acid groups (broad SMARTS) is 6. The molecule has 0 amide bonds. The van der Waals surface area contributed by atoms with E-state index >= 15 is 0 Å². The minimum Gasteiger partial charge on any atom is -0.652 e. The second-order valence-electron chi connectivity index (χ2n) is 0.750. The van der Waals surface area contributed by atoms with E-state index in [1.165, 1.54) is 0 Å². The van der Waals surface area contributed by atoms with Crippen molar-refractivity contribution in [1.29, 1.82) is 0 Å². The number of carbonyl (C=O) groups excluding carboxylic acids is 3. The molecule has 10 heteroatoms. The van der Waals surface area contributed by atoms with Gasteiger partial charge < -0.3 is 45.0 Å². The molecule has 0 saturated heterocycles. The van der Waals surface area contributed by atoms with Crippen LogP contribution >= 0.6 is 0 Å². The Kier molecular flexibility index (Phi) is 29.2. The Hall–Kier alpha value is -1.50. The van der Waals surface area contributed by atoms with Gasteiger partial charge in [-0.1, -0.05) is 0 Å². The molecule has 0 saturated carbocycles. The van der Waals surface area contributed by atoms with Gasteiger partial charge in [-0.2, -0.15) is 0 Å². The molecule has 0 heterocycles. The Morgan fingerprint density at radius 1 is 0.538 bits per heavy atom. The molecule has 0 radical (unpaired) electrons. The summed E-state index contributed by atoms with van der Waals surface area (Å²) in [4.78, 5) is 25.0. The summed E-state index contributed by atoms with van der Waals surface area (Å²) in [7, 11) is 0. The van der Waals surface area contributed by atoms with Crippen LogP contribution in [0.5, 0.6) is 0 Å². The largest absolute Gasteiger partial charge is 0.652 e. The molecule has 0 aromatic rings. The SMILES string of the molecule is O=C([O-])[O-].O=C([O-])[O-].O=C([O-])[O-].[W]. The van der Waals surface area contributed by atoms with E-state index in [-0.39, 0.29) is 21.1 Å².